The Hall–Kier alpha value is -3.89. The fraction of sp³-hybridized carbons (Fsp3) is 0.280. The molecule has 0 saturated carbocycles. The minimum atomic E-state index is 0.221. The Bertz CT molecular complexity index is 2320. The third-order valence-corrected chi connectivity index (χ3v) is 14.8. The van der Waals surface area contributed by atoms with E-state index >= 15 is 0 Å². The molecule has 0 nitrogen and oxygen atoms in total. The molecule has 7 aromatic rings. The Labute approximate surface area is 344 Å². The van der Waals surface area contributed by atoms with Gasteiger partial charge in [0, 0.05) is 19.5 Å². The fourth-order valence-corrected chi connectivity index (χ4v) is 12.4. The van der Waals surface area contributed by atoms with Gasteiger partial charge in [-0.2, -0.15) is 0 Å². The van der Waals surface area contributed by atoms with Crippen molar-refractivity contribution in [1.82, 2.24) is 0 Å². The fourth-order valence-electron chi connectivity index (χ4n) is 9.01. The van der Waals surface area contributed by atoms with Crippen molar-refractivity contribution in [2.24, 2.45) is 0 Å². The van der Waals surface area contributed by atoms with Crippen LogP contribution in [0.5, 0.6) is 0 Å². The van der Waals surface area contributed by atoms with Crippen LogP contribution < -0.4 is 25.9 Å². The molecule has 0 spiro atoms. The molecule has 0 unspecified atom stereocenters. The SMILES string of the molecule is CCc1cc(C)cc(C)c1B(C)c1ccc(-c2ccc(-c3ccc(B(c4c(C)cc(C)cc4C)c4c(C)cc(C)cc4C)s3)s2)s1.Cc1cc(C)cc(C)c1. The number of thiophene rings is 3. The van der Waals surface area contributed by atoms with Crippen LogP contribution in [-0.2, 0) is 6.42 Å². The standard InChI is InChI=1S/C41H44B2S3.C9H12/c1-11-32-23-26(4)22-31(9)41(32)42(10)37-16-14-35(45-37)33-12-13-34(44-33)36-15-17-38(46-36)43(39-27(5)18-24(2)19-28(39)6)40-29(7)20-25(3)21-30(40)8;1-7-4-8(2)6-9(3)5-7/h12-23H,11H2,1-10H3;4-6H,1-3H3. The van der Waals surface area contributed by atoms with E-state index in [1.165, 1.54) is 112 Å². The molecule has 5 heteroatoms. The molecule has 0 saturated heterocycles. The first-order chi connectivity index (χ1) is 26.1. The highest BCUT2D eigenvalue weighted by molar-refractivity contribution is 7.33. The van der Waals surface area contributed by atoms with Crippen LogP contribution in [0.4, 0.5) is 0 Å². The maximum Gasteiger partial charge on any atom is 0.255 e. The average Bonchev–Trinajstić information content (AvgIpc) is 3.87. The van der Waals surface area contributed by atoms with Crippen molar-refractivity contribution in [3.8, 4) is 19.5 Å². The van der Waals surface area contributed by atoms with Gasteiger partial charge >= 0.3 is 0 Å². The molecule has 3 heterocycles. The normalized spacial score (nSPS) is 11.1. The lowest BCUT2D eigenvalue weighted by molar-refractivity contribution is 1.14. The van der Waals surface area contributed by atoms with Crippen molar-refractivity contribution >= 4 is 73.4 Å². The maximum absolute atomic E-state index is 2.39. The second-order valence-corrected chi connectivity index (χ2v) is 19.3. The highest BCUT2D eigenvalue weighted by atomic mass is 32.1. The van der Waals surface area contributed by atoms with E-state index in [9.17, 15) is 0 Å². The van der Waals surface area contributed by atoms with E-state index in [-0.39, 0.29) is 6.71 Å². The largest absolute Gasteiger partial charge is 0.255 e. The van der Waals surface area contributed by atoms with Crippen molar-refractivity contribution in [3.05, 3.63) is 158 Å². The molecular formula is C50H56B2S3. The van der Waals surface area contributed by atoms with Gasteiger partial charge in [0.25, 0.3) is 6.71 Å². The second-order valence-electron chi connectivity index (χ2n) is 16.0. The third kappa shape index (κ3) is 9.07. The molecule has 3 aromatic heterocycles. The molecule has 0 bridgehead atoms. The number of aryl methyl sites for hydroxylation is 12. The topological polar surface area (TPSA) is 0 Å². The van der Waals surface area contributed by atoms with Crippen LogP contribution in [-0.4, -0.2) is 13.4 Å². The van der Waals surface area contributed by atoms with Crippen LogP contribution in [0.25, 0.3) is 19.5 Å². The molecule has 0 fully saturated rings. The quantitative estimate of drug-likeness (QED) is 0.135. The summed E-state index contributed by atoms with van der Waals surface area (Å²) in [5.41, 5.74) is 20.9. The van der Waals surface area contributed by atoms with E-state index in [0.717, 1.165) is 6.42 Å². The molecular weight excluding hydrogens is 718 g/mol. The predicted octanol–water partition coefficient (Wildman–Crippen LogP) is 11.6. The molecule has 0 aliphatic heterocycles. The van der Waals surface area contributed by atoms with Crippen LogP contribution in [0, 0.1) is 76.2 Å². The van der Waals surface area contributed by atoms with Gasteiger partial charge in [-0.05, 0) is 116 Å². The van der Waals surface area contributed by atoms with Gasteiger partial charge in [0.1, 0.15) is 0 Å². The van der Waals surface area contributed by atoms with Crippen LogP contribution in [0.2, 0.25) is 6.82 Å². The van der Waals surface area contributed by atoms with Gasteiger partial charge < -0.3 is 0 Å². The molecule has 4 aromatic carbocycles. The lowest BCUT2D eigenvalue weighted by atomic mass is 9.37. The van der Waals surface area contributed by atoms with E-state index in [2.05, 4.69) is 181 Å². The van der Waals surface area contributed by atoms with Crippen LogP contribution in [0.3, 0.4) is 0 Å². The number of hydrogen-bond acceptors (Lipinski definition) is 3. The molecule has 0 amide bonds. The first-order valence-corrected chi connectivity index (χ1v) is 22.2. The summed E-state index contributed by atoms with van der Waals surface area (Å²) in [6.07, 6.45) is 1.07. The molecule has 0 atom stereocenters. The Kier molecular flexibility index (Phi) is 12.7. The monoisotopic (exact) mass is 774 g/mol. The Balaban J connectivity index is 0.000000502. The molecule has 0 radical (unpaired) electrons. The first-order valence-electron chi connectivity index (χ1n) is 19.7. The zero-order chi connectivity index (χ0) is 39.7. The molecule has 0 aliphatic carbocycles. The molecule has 55 heavy (non-hydrogen) atoms. The van der Waals surface area contributed by atoms with E-state index in [4.69, 9.17) is 0 Å². The van der Waals surface area contributed by atoms with E-state index < -0.39 is 0 Å². The van der Waals surface area contributed by atoms with Crippen LogP contribution in [0.15, 0.2) is 91.0 Å². The average molecular weight is 775 g/mol. The zero-order valence-electron chi connectivity index (χ0n) is 35.2. The number of hydrogen-bond donors (Lipinski definition) is 0. The Morgan fingerprint density at radius 3 is 1.15 bits per heavy atom. The number of rotatable bonds is 8. The summed E-state index contributed by atoms with van der Waals surface area (Å²) < 4.78 is 2.86. The predicted molar refractivity (Wildman–Crippen MR) is 254 cm³/mol. The van der Waals surface area contributed by atoms with Crippen LogP contribution >= 0.6 is 34.0 Å². The lowest BCUT2D eigenvalue weighted by Gasteiger charge is -2.23. The zero-order valence-corrected chi connectivity index (χ0v) is 37.7. The Morgan fingerprint density at radius 2 is 0.709 bits per heavy atom. The molecule has 7 rings (SSSR count). The van der Waals surface area contributed by atoms with E-state index in [0.29, 0.717) is 6.71 Å². The van der Waals surface area contributed by atoms with Crippen molar-refractivity contribution in [2.45, 2.75) is 96.3 Å². The summed E-state index contributed by atoms with van der Waals surface area (Å²) in [4.78, 5) is 5.43. The van der Waals surface area contributed by atoms with Crippen molar-refractivity contribution < 1.29 is 0 Å². The maximum atomic E-state index is 2.39. The summed E-state index contributed by atoms with van der Waals surface area (Å²) in [6.45, 7) is 29.7. The molecule has 0 aliphatic rings. The van der Waals surface area contributed by atoms with E-state index in [1.54, 1.807) is 0 Å². The summed E-state index contributed by atoms with van der Waals surface area (Å²) in [7, 11) is 0. The summed E-state index contributed by atoms with van der Waals surface area (Å²) in [6, 6.07) is 34.8. The minimum absolute atomic E-state index is 0.221. The van der Waals surface area contributed by atoms with Gasteiger partial charge in [0.2, 0.25) is 6.71 Å². The lowest BCUT2D eigenvalue weighted by Crippen LogP contribution is -2.54. The van der Waals surface area contributed by atoms with Crippen LogP contribution in [0.1, 0.15) is 73.7 Å². The van der Waals surface area contributed by atoms with Gasteiger partial charge in [0.05, 0.1) is 0 Å². The van der Waals surface area contributed by atoms with Crippen molar-refractivity contribution in [1.29, 1.82) is 0 Å². The second kappa shape index (κ2) is 17.1. The van der Waals surface area contributed by atoms with E-state index in [1.807, 2.05) is 34.0 Å². The van der Waals surface area contributed by atoms with Gasteiger partial charge in [-0.15, -0.1) is 34.0 Å². The molecule has 0 N–H and O–H groups in total. The summed E-state index contributed by atoms with van der Waals surface area (Å²) in [5, 5.41) is 0. The smallest absolute Gasteiger partial charge is 0.149 e. The molecule has 280 valence electrons. The van der Waals surface area contributed by atoms with Gasteiger partial charge in [-0.1, -0.05) is 164 Å². The highest BCUT2D eigenvalue weighted by Crippen LogP contribution is 2.38. The summed E-state index contributed by atoms with van der Waals surface area (Å²) >= 11 is 5.85. The minimum Gasteiger partial charge on any atom is -0.149 e. The number of benzene rings is 4. The summed E-state index contributed by atoms with van der Waals surface area (Å²) in [5.74, 6) is 0. The van der Waals surface area contributed by atoms with Gasteiger partial charge in [-0.25, -0.2) is 0 Å². The third-order valence-electron chi connectivity index (χ3n) is 10.9. The first kappa shape index (κ1) is 40.8. The van der Waals surface area contributed by atoms with Gasteiger partial charge in [0.15, 0.2) is 0 Å². The van der Waals surface area contributed by atoms with Crippen molar-refractivity contribution in [2.75, 3.05) is 0 Å². The Morgan fingerprint density at radius 1 is 0.382 bits per heavy atom. The van der Waals surface area contributed by atoms with Crippen molar-refractivity contribution in [3.63, 3.8) is 0 Å². The van der Waals surface area contributed by atoms with Gasteiger partial charge in [-0.3, -0.25) is 0 Å². The highest BCUT2D eigenvalue weighted by Gasteiger charge is 2.30.